The molecule has 2 aromatic carbocycles. The summed E-state index contributed by atoms with van der Waals surface area (Å²) < 4.78 is 5.53. The SMILES string of the molecule is CCCOc1c(Cl)cc(C=NNCc2ccccc2)cc1Cl. The van der Waals surface area contributed by atoms with Gasteiger partial charge in [-0.2, -0.15) is 5.10 Å². The van der Waals surface area contributed by atoms with E-state index in [1.165, 1.54) is 5.56 Å². The number of ether oxygens (including phenoxy) is 1. The Bertz CT molecular complexity index is 607. The number of halogens is 2. The summed E-state index contributed by atoms with van der Waals surface area (Å²) >= 11 is 12.4. The highest BCUT2D eigenvalue weighted by molar-refractivity contribution is 6.37. The zero-order chi connectivity index (χ0) is 15.8. The monoisotopic (exact) mass is 336 g/mol. The molecule has 0 atom stereocenters. The van der Waals surface area contributed by atoms with Crippen molar-refractivity contribution >= 4 is 29.4 Å². The third kappa shape index (κ3) is 4.93. The van der Waals surface area contributed by atoms with Crippen LogP contribution < -0.4 is 10.2 Å². The maximum Gasteiger partial charge on any atom is 0.156 e. The Morgan fingerprint density at radius 2 is 1.82 bits per heavy atom. The molecule has 1 N–H and O–H groups in total. The summed E-state index contributed by atoms with van der Waals surface area (Å²) in [7, 11) is 0. The molecule has 22 heavy (non-hydrogen) atoms. The van der Waals surface area contributed by atoms with E-state index in [1.54, 1.807) is 18.3 Å². The van der Waals surface area contributed by atoms with Gasteiger partial charge in [0.1, 0.15) is 0 Å². The molecular formula is C17H18Cl2N2O. The topological polar surface area (TPSA) is 33.6 Å². The van der Waals surface area contributed by atoms with Crippen LogP contribution in [0, 0.1) is 0 Å². The van der Waals surface area contributed by atoms with E-state index >= 15 is 0 Å². The Morgan fingerprint density at radius 3 is 2.45 bits per heavy atom. The molecule has 0 aliphatic rings. The van der Waals surface area contributed by atoms with Gasteiger partial charge in [-0.3, -0.25) is 0 Å². The van der Waals surface area contributed by atoms with E-state index < -0.39 is 0 Å². The fourth-order valence-electron chi connectivity index (χ4n) is 1.85. The Kier molecular flexibility index (Phi) is 6.56. The lowest BCUT2D eigenvalue weighted by Gasteiger charge is -2.09. The molecule has 0 unspecified atom stereocenters. The summed E-state index contributed by atoms with van der Waals surface area (Å²) in [6.07, 6.45) is 2.59. The number of rotatable bonds is 7. The molecule has 3 nitrogen and oxygen atoms in total. The van der Waals surface area contributed by atoms with Gasteiger partial charge in [-0.1, -0.05) is 60.5 Å². The highest BCUT2D eigenvalue weighted by atomic mass is 35.5. The van der Waals surface area contributed by atoms with E-state index in [9.17, 15) is 0 Å². The number of hydrogen-bond donors (Lipinski definition) is 1. The lowest BCUT2D eigenvalue weighted by atomic mass is 10.2. The largest absolute Gasteiger partial charge is 0.490 e. The molecule has 116 valence electrons. The van der Waals surface area contributed by atoms with Gasteiger partial charge in [0.2, 0.25) is 0 Å². The van der Waals surface area contributed by atoms with Crippen molar-refractivity contribution in [3.8, 4) is 5.75 Å². The second-order valence-corrected chi connectivity index (χ2v) is 5.56. The minimum atomic E-state index is 0.491. The van der Waals surface area contributed by atoms with Gasteiger partial charge in [-0.15, -0.1) is 0 Å². The Labute approximate surface area is 140 Å². The maximum absolute atomic E-state index is 6.19. The molecule has 0 aromatic heterocycles. The molecule has 0 saturated carbocycles. The molecular weight excluding hydrogens is 319 g/mol. The lowest BCUT2D eigenvalue weighted by Crippen LogP contribution is -2.05. The zero-order valence-corrected chi connectivity index (χ0v) is 13.9. The Morgan fingerprint density at radius 1 is 1.14 bits per heavy atom. The molecule has 0 heterocycles. The van der Waals surface area contributed by atoms with E-state index in [-0.39, 0.29) is 0 Å². The highest BCUT2D eigenvalue weighted by Gasteiger charge is 2.08. The van der Waals surface area contributed by atoms with Gasteiger partial charge in [-0.05, 0) is 29.7 Å². The van der Waals surface area contributed by atoms with Crippen molar-refractivity contribution in [2.75, 3.05) is 6.61 Å². The molecule has 0 aliphatic carbocycles. The first-order valence-electron chi connectivity index (χ1n) is 7.12. The molecule has 0 aliphatic heterocycles. The summed E-state index contributed by atoms with van der Waals surface area (Å²) in [5, 5.41) is 5.16. The summed E-state index contributed by atoms with van der Waals surface area (Å²) in [5.41, 5.74) is 4.97. The van der Waals surface area contributed by atoms with E-state index in [0.717, 1.165) is 12.0 Å². The molecule has 2 aromatic rings. The van der Waals surface area contributed by atoms with Crippen LogP contribution in [0.4, 0.5) is 0 Å². The molecule has 5 heteroatoms. The van der Waals surface area contributed by atoms with E-state index in [1.807, 2.05) is 37.3 Å². The molecule has 0 amide bonds. The van der Waals surface area contributed by atoms with Crippen LogP contribution in [-0.4, -0.2) is 12.8 Å². The van der Waals surface area contributed by atoms with Crippen molar-refractivity contribution in [3.63, 3.8) is 0 Å². The predicted molar refractivity (Wildman–Crippen MR) is 93.1 cm³/mol. The van der Waals surface area contributed by atoms with Crippen LogP contribution in [0.15, 0.2) is 47.6 Å². The minimum absolute atomic E-state index is 0.491. The summed E-state index contributed by atoms with van der Waals surface area (Å²) in [6, 6.07) is 13.6. The van der Waals surface area contributed by atoms with Crippen LogP contribution in [-0.2, 0) is 6.54 Å². The Hall–Kier alpha value is -1.71. The van der Waals surface area contributed by atoms with Crippen molar-refractivity contribution in [2.45, 2.75) is 19.9 Å². The fraction of sp³-hybridized carbons (Fsp3) is 0.235. The molecule has 0 bridgehead atoms. The summed E-state index contributed by atoms with van der Waals surface area (Å²) in [5.74, 6) is 0.527. The number of benzene rings is 2. The molecule has 0 radical (unpaired) electrons. The van der Waals surface area contributed by atoms with Crippen LogP contribution in [0.1, 0.15) is 24.5 Å². The van der Waals surface area contributed by atoms with Crippen molar-refractivity contribution in [1.29, 1.82) is 0 Å². The first-order valence-corrected chi connectivity index (χ1v) is 7.88. The first-order chi connectivity index (χ1) is 10.7. The lowest BCUT2D eigenvalue weighted by molar-refractivity contribution is 0.318. The standard InChI is InChI=1S/C17H18Cl2N2O/c1-2-8-22-17-15(18)9-14(10-16(17)19)12-21-20-11-13-6-4-3-5-7-13/h3-7,9-10,12,20H,2,8,11H2,1H3. The molecule has 2 rings (SSSR count). The third-order valence-corrected chi connectivity index (χ3v) is 3.46. The van der Waals surface area contributed by atoms with E-state index in [4.69, 9.17) is 27.9 Å². The number of nitrogens with zero attached hydrogens (tertiary/aromatic N) is 1. The fourth-order valence-corrected chi connectivity index (χ4v) is 2.46. The molecule has 0 spiro atoms. The van der Waals surface area contributed by atoms with Crippen LogP contribution >= 0.6 is 23.2 Å². The number of hydrogen-bond acceptors (Lipinski definition) is 3. The number of hydrazone groups is 1. The first kappa shape index (κ1) is 16.7. The average molecular weight is 337 g/mol. The van der Waals surface area contributed by atoms with Crippen LogP contribution in [0.3, 0.4) is 0 Å². The predicted octanol–water partition coefficient (Wildman–Crippen LogP) is 4.91. The number of nitrogens with one attached hydrogen (secondary N) is 1. The second-order valence-electron chi connectivity index (χ2n) is 4.74. The van der Waals surface area contributed by atoms with Gasteiger partial charge in [0.15, 0.2) is 5.75 Å². The van der Waals surface area contributed by atoms with Gasteiger partial charge in [0, 0.05) is 0 Å². The van der Waals surface area contributed by atoms with E-state index in [0.29, 0.717) is 28.9 Å². The third-order valence-electron chi connectivity index (χ3n) is 2.90. The summed E-state index contributed by atoms with van der Waals surface area (Å²) in [6.45, 7) is 3.28. The van der Waals surface area contributed by atoms with E-state index in [2.05, 4.69) is 10.5 Å². The van der Waals surface area contributed by atoms with Crippen LogP contribution in [0.5, 0.6) is 5.75 Å². The van der Waals surface area contributed by atoms with Gasteiger partial charge < -0.3 is 10.2 Å². The summed E-state index contributed by atoms with van der Waals surface area (Å²) in [4.78, 5) is 0. The highest BCUT2D eigenvalue weighted by Crippen LogP contribution is 2.33. The van der Waals surface area contributed by atoms with Crippen molar-refractivity contribution in [2.24, 2.45) is 5.10 Å². The zero-order valence-electron chi connectivity index (χ0n) is 12.4. The van der Waals surface area contributed by atoms with Crippen molar-refractivity contribution < 1.29 is 4.74 Å². The molecule has 0 fully saturated rings. The smallest absolute Gasteiger partial charge is 0.156 e. The normalized spacial score (nSPS) is 10.9. The second kappa shape index (κ2) is 8.66. The van der Waals surface area contributed by atoms with Crippen molar-refractivity contribution in [1.82, 2.24) is 5.43 Å². The quantitative estimate of drug-likeness (QED) is 0.575. The van der Waals surface area contributed by atoms with Crippen molar-refractivity contribution in [3.05, 3.63) is 63.6 Å². The maximum atomic E-state index is 6.19. The van der Waals surface area contributed by atoms with Gasteiger partial charge >= 0.3 is 0 Å². The van der Waals surface area contributed by atoms with Crippen LogP contribution in [0.25, 0.3) is 0 Å². The van der Waals surface area contributed by atoms with Gasteiger partial charge in [-0.25, -0.2) is 0 Å². The van der Waals surface area contributed by atoms with Gasteiger partial charge in [0.05, 0.1) is 29.4 Å². The van der Waals surface area contributed by atoms with Gasteiger partial charge in [0.25, 0.3) is 0 Å². The van der Waals surface area contributed by atoms with Crippen LogP contribution in [0.2, 0.25) is 10.0 Å². The Balaban J connectivity index is 1.96. The molecule has 0 saturated heterocycles. The minimum Gasteiger partial charge on any atom is -0.490 e. The average Bonchev–Trinajstić information content (AvgIpc) is 2.52.